The number of halogens is 1. The van der Waals surface area contributed by atoms with Crippen molar-refractivity contribution in [1.82, 2.24) is 4.90 Å². The molecular weight excluding hydrogens is 316 g/mol. The summed E-state index contributed by atoms with van der Waals surface area (Å²) >= 11 is 1.64. The van der Waals surface area contributed by atoms with E-state index in [2.05, 4.69) is 32.9 Å². The van der Waals surface area contributed by atoms with Crippen molar-refractivity contribution >= 4 is 30.1 Å². The molecule has 0 aliphatic heterocycles. The normalized spacial score (nSPS) is 13.4. The lowest BCUT2D eigenvalue weighted by Crippen LogP contribution is -2.38. The van der Waals surface area contributed by atoms with Crippen molar-refractivity contribution in [3.63, 3.8) is 0 Å². The fourth-order valence-corrected chi connectivity index (χ4v) is 3.09. The minimum absolute atomic E-state index is 0. The number of nitrogens with zero attached hydrogens (tertiary/aromatic N) is 1. The molecule has 3 nitrogen and oxygen atoms in total. The van der Waals surface area contributed by atoms with E-state index in [1.54, 1.807) is 11.8 Å². The van der Waals surface area contributed by atoms with E-state index in [1.165, 1.54) is 0 Å². The lowest BCUT2D eigenvalue weighted by atomic mass is 10.0. The lowest BCUT2D eigenvalue weighted by molar-refractivity contribution is -0.129. The molecule has 1 aromatic rings. The third kappa shape index (κ3) is 7.03. The van der Waals surface area contributed by atoms with Crippen LogP contribution in [0.4, 0.5) is 0 Å². The van der Waals surface area contributed by atoms with Crippen LogP contribution in [0.5, 0.6) is 0 Å². The summed E-state index contributed by atoms with van der Waals surface area (Å²) < 4.78 is 0. The van der Waals surface area contributed by atoms with Gasteiger partial charge in [0.25, 0.3) is 0 Å². The largest absolute Gasteiger partial charge is 0.345 e. The average Bonchev–Trinajstić information content (AvgIpc) is 2.50. The highest BCUT2D eigenvalue weighted by molar-refractivity contribution is 8.00. The SMILES string of the molecule is CCC(Sc1ccccc1)C(=O)N(C)CCC(N)C(C)C.Cl. The van der Waals surface area contributed by atoms with Crippen LogP contribution < -0.4 is 5.73 Å². The Morgan fingerprint density at radius 3 is 2.36 bits per heavy atom. The monoisotopic (exact) mass is 344 g/mol. The third-order valence-corrected chi connectivity index (χ3v) is 5.06. The highest BCUT2D eigenvalue weighted by Crippen LogP contribution is 2.26. The lowest BCUT2D eigenvalue weighted by Gasteiger charge is -2.25. The standard InChI is InChI=1S/C17H28N2OS.ClH/c1-5-16(21-14-9-7-6-8-10-14)17(20)19(4)12-11-15(18)13(2)3;/h6-10,13,15-16H,5,11-12,18H2,1-4H3;1H. The summed E-state index contributed by atoms with van der Waals surface area (Å²) in [4.78, 5) is 15.5. The van der Waals surface area contributed by atoms with Crippen molar-refractivity contribution in [2.45, 2.75) is 49.8 Å². The van der Waals surface area contributed by atoms with Gasteiger partial charge in [-0.05, 0) is 30.9 Å². The summed E-state index contributed by atoms with van der Waals surface area (Å²) in [5.41, 5.74) is 6.05. The fraction of sp³-hybridized carbons (Fsp3) is 0.588. The van der Waals surface area contributed by atoms with E-state index in [0.717, 1.165) is 24.3 Å². The summed E-state index contributed by atoms with van der Waals surface area (Å²) in [7, 11) is 1.88. The molecule has 0 aliphatic rings. The van der Waals surface area contributed by atoms with Crippen LogP contribution in [0.15, 0.2) is 35.2 Å². The minimum atomic E-state index is -0.0207. The van der Waals surface area contributed by atoms with Crippen molar-refractivity contribution in [1.29, 1.82) is 0 Å². The van der Waals surface area contributed by atoms with Crippen LogP contribution in [0, 0.1) is 5.92 Å². The molecule has 0 bridgehead atoms. The van der Waals surface area contributed by atoms with Gasteiger partial charge in [0.05, 0.1) is 5.25 Å². The number of carbonyl (C=O) groups is 1. The number of nitrogens with two attached hydrogens (primary N) is 1. The van der Waals surface area contributed by atoms with Gasteiger partial charge in [-0.3, -0.25) is 4.79 Å². The van der Waals surface area contributed by atoms with Gasteiger partial charge in [-0.1, -0.05) is 39.0 Å². The van der Waals surface area contributed by atoms with Gasteiger partial charge >= 0.3 is 0 Å². The number of rotatable bonds is 8. The number of carbonyl (C=O) groups excluding carboxylic acids is 1. The third-order valence-electron chi connectivity index (χ3n) is 3.70. The summed E-state index contributed by atoms with van der Waals surface area (Å²) in [5.74, 6) is 0.650. The zero-order valence-electron chi connectivity index (χ0n) is 14.0. The predicted octanol–water partition coefficient (Wildman–Crippen LogP) is 3.81. The molecule has 2 N–H and O–H groups in total. The summed E-state index contributed by atoms with van der Waals surface area (Å²) in [5, 5.41) is -0.0207. The van der Waals surface area contributed by atoms with Gasteiger partial charge in [-0.25, -0.2) is 0 Å². The molecule has 1 aromatic carbocycles. The Morgan fingerprint density at radius 1 is 1.27 bits per heavy atom. The zero-order chi connectivity index (χ0) is 15.8. The Kier molecular flexibility index (Phi) is 10.6. The number of benzene rings is 1. The van der Waals surface area contributed by atoms with Crippen LogP contribution in [-0.2, 0) is 4.79 Å². The molecule has 0 radical (unpaired) electrons. The molecule has 1 rings (SSSR count). The molecule has 1 amide bonds. The molecule has 2 unspecified atom stereocenters. The minimum Gasteiger partial charge on any atom is -0.345 e. The van der Waals surface area contributed by atoms with Crippen molar-refractivity contribution in [2.75, 3.05) is 13.6 Å². The second-order valence-electron chi connectivity index (χ2n) is 5.78. The molecule has 0 aliphatic carbocycles. The van der Waals surface area contributed by atoms with Gasteiger partial charge in [-0.2, -0.15) is 0 Å². The van der Waals surface area contributed by atoms with Gasteiger partial charge in [0.15, 0.2) is 0 Å². The van der Waals surface area contributed by atoms with Gasteiger partial charge < -0.3 is 10.6 Å². The Hall–Kier alpha value is -0.710. The highest BCUT2D eigenvalue weighted by atomic mass is 35.5. The van der Waals surface area contributed by atoms with Gasteiger partial charge in [0.1, 0.15) is 0 Å². The Bertz CT molecular complexity index is 428. The molecule has 0 saturated carbocycles. The first-order chi connectivity index (χ1) is 9.95. The molecule has 22 heavy (non-hydrogen) atoms. The van der Waals surface area contributed by atoms with Crippen LogP contribution in [0.25, 0.3) is 0 Å². The molecule has 0 saturated heterocycles. The van der Waals surface area contributed by atoms with Crippen LogP contribution >= 0.6 is 24.2 Å². The number of amides is 1. The van der Waals surface area contributed by atoms with Crippen molar-refractivity contribution in [2.24, 2.45) is 11.7 Å². The van der Waals surface area contributed by atoms with Gasteiger partial charge in [0.2, 0.25) is 5.91 Å². The zero-order valence-corrected chi connectivity index (χ0v) is 15.6. The molecule has 0 aromatic heterocycles. The molecule has 2 atom stereocenters. The van der Waals surface area contributed by atoms with E-state index >= 15 is 0 Å². The molecule has 5 heteroatoms. The number of hydrogen-bond donors (Lipinski definition) is 1. The van der Waals surface area contributed by atoms with E-state index in [-0.39, 0.29) is 29.6 Å². The summed E-state index contributed by atoms with van der Waals surface area (Å²) in [6.45, 7) is 7.02. The van der Waals surface area contributed by atoms with Crippen LogP contribution in [0.2, 0.25) is 0 Å². The Balaban J connectivity index is 0.00000441. The van der Waals surface area contributed by atoms with Crippen molar-refractivity contribution in [3.05, 3.63) is 30.3 Å². The first-order valence-electron chi connectivity index (χ1n) is 7.68. The maximum Gasteiger partial charge on any atom is 0.235 e. The summed E-state index contributed by atoms with van der Waals surface area (Å²) in [6.07, 6.45) is 1.69. The first-order valence-corrected chi connectivity index (χ1v) is 8.55. The fourth-order valence-electron chi connectivity index (χ4n) is 2.00. The quantitative estimate of drug-likeness (QED) is 0.729. The molecule has 0 fully saturated rings. The van der Waals surface area contributed by atoms with Gasteiger partial charge in [0, 0.05) is 24.5 Å². The van der Waals surface area contributed by atoms with E-state index in [9.17, 15) is 4.79 Å². The van der Waals surface area contributed by atoms with Crippen LogP contribution in [-0.4, -0.2) is 35.7 Å². The second-order valence-corrected chi connectivity index (χ2v) is 7.06. The van der Waals surface area contributed by atoms with Crippen molar-refractivity contribution < 1.29 is 4.79 Å². The molecule has 0 spiro atoms. The van der Waals surface area contributed by atoms with Crippen molar-refractivity contribution in [3.8, 4) is 0 Å². The van der Waals surface area contributed by atoms with Crippen LogP contribution in [0.1, 0.15) is 33.6 Å². The molecule has 126 valence electrons. The molecule has 0 heterocycles. The average molecular weight is 345 g/mol. The maximum atomic E-state index is 12.5. The molecular formula is C17H29ClN2OS. The van der Waals surface area contributed by atoms with E-state index < -0.39 is 0 Å². The Morgan fingerprint density at radius 2 is 1.86 bits per heavy atom. The smallest absolute Gasteiger partial charge is 0.235 e. The Labute approximate surface area is 145 Å². The topological polar surface area (TPSA) is 46.3 Å². The highest BCUT2D eigenvalue weighted by Gasteiger charge is 2.22. The van der Waals surface area contributed by atoms with Crippen LogP contribution in [0.3, 0.4) is 0 Å². The van der Waals surface area contributed by atoms with E-state index in [4.69, 9.17) is 5.73 Å². The second kappa shape index (κ2) is 10.9. The number of thioether (sulfide) groups is 1. The summed E-state index contributed by atoms with van der Waals surface area (Å²) in [6, 6.07) is 10.3. The number of hydrogen-bond acceptors (Lipinski definition) is 3. The van der Waals surface area contributed by atoms with Gasteiger partial charge in [-0.15, -0.1) is 24.2 Å². The first kappa shape index (κ1) is 21.3. The predicted molar refractivity (Wildman–Crippen MR) is 98.7 cm³/mol. The van der Waals surface area contributed by atoms with E-state index in [0.29, 0.717) is 5.92 Å². The maximum absolute atomic E-state index is 12.5. The van der Waals surface area contributed by atoms with E-state index in [1.807, 2.05) is 30.1 Å².